The van der Waals surface area contributed by atoms with Crippen LogP contribution in [0.5, 0.6) is 0 Å². The molecule has 0 saturated carbocycles. The van der Waals surface area contributed by atoms with Crippen molar-refractivity contribution in [2.45, 2.75) is 13.3 Å². The molecule has 0 aromatic carbocycles. The Bertz CT molecular complexity index is 243. The van der Waals surface area contributed by atoms with E-state index in [9.17, 15) is 4.79 Å². The summed E-state index contributed by atoms with van der Waals surface area (Å²) < 4.78 is 5.01. The van der Waals surface area contributed by atoms with Gasteiger partial charge < -0.3 is 9.64 Å². The van der Waals surface area contributed by atoms with Gasteiger partial charge in [0.2, 0.25) is 0 Å². The lowest BCUT2D eigenvalue weighted by Gasteiger charge is -2.18. The Kier molecular flexibility index (Phi) is 3.55. The third-order valence-corrected chi connectivity index (χ3v) is 1.76. The molecule has 3 heteroatoms. The van der Waals surface area contributed by atoms with Crippen LogP contribution in [0.25, 0.3) is 0 Å². The summed E-state index contributed by atoms with van der Waals surface area (Å²) in [5.41, 5.74) is 0.721. The van der Waals surface area contributed by atoms with Gasteiger partial charge in [-0.15, -0.1) is 0 Å². The quantitative estimate of drug-likeness (QED) is 0.615. The number of ether oxygens (including phenoxy) is 1. The molecule has 0 unspecified atom stereocenters. The van der Waals surface area contributed by atoms with Crippen LogP contribution in [0.4, 0.5) is 0 Å². The highest BCUT2D eigenvalue weighted by Crippen LogP contribution is 2.07. The Labute approximate surface area is 78.7 Å². The molecule has 0 spiro atoms. The van der Waals surface area contributed by atoms with Crippen molar-refractivity contribution in [3.8, 4) is 0 Å². The predicted octanol–water partition coefficient (Wildman–Crippen LogP) is 1.33. The first-order chi connectivity index (χ1) is 6.24. The highest BCUT2D eigenvalue weighted by Gasteiger charge is 2.13. The zero-order chi connectivity index (χ0) is 9.68. The summed E-state index contributed by atoms with van der Waals surface area (Å²) in [6, 6.07) is 0. The van der Waals surface area contributed by atoms with Crippen molar-refractivity contribution in [3.05, 3.63) is 23.9 Å². The average molecular weight is 181 g/mol. The van der Waals surface area contributed by atoms with E-state index in [0.717, 1.165) is 12.0 Å². The van der Waals surface area contributed by atoms with Gasteiger partial charge >= 0.3 is 5.97 Å². The van der Waals surface area contributed by atoms with Crippen molar-refractivity contribution < 1.29 is 9.53 Å². The van der Waals surface area contributed by atoms with E-state index in [1.165, 1.54) is 0 Å². The Morgan fingerprint density at radius 2 is 2.46 bits per heavy atom. The molecule has 1 aliphatic rings. The van der Waals surface area contributed by atoms with Crippen LogP contribution in [0.1, 0.15) is 13.3 Å². The molecule has 0 radical (unpaired) electrons. The van der Waals surface area contributed by atoms with Crippen molar-refractivity contribution in [1.82, 2.24) is 4.90 Å². The molecule has 0 N–H and O–H groups in total. The highest BCUT2D eigenvalue weighted by molar-refractivity contribution is 5.89. The van der Waals surface area contributed by atoms with E-state index in [-0.39, 0.29) is 5.97 Å². The van der Waals surface area contributed by atoms with Gasteiger partial charge in [0, 0.05) is 13.6 Å². The van der Waals surface area contributed by atoms with Gasteiger partial charge in [-0.2, -0.15) is 0 Å². The van der Waals surface area contributed by atoms with Crippen molar-refractivity contribution in [3.63, 3.8) is 0 Å². The Balaban J connectivity index is 2.47. The fourth-order valence-corrected chi connectivity index (χ4v) is 1.10. The second-order valence-corrected chi connectivity index (χ2v) is 3.08. The van der Waals surface area contributed by atoms with E-state index in [4.69, 9.17) is 4.74 Å². The number of allylic oxidation sites excluding steroid dienone is 2. The first kappa shape index (κ1) is 9.84. The van der Waals surface area contributed by atoms with Crippen molar-refractivity contribution in [2.75, 3.05) is 20.2 Å². The molecule has 13 heavy (non-hydrogen) atoms. The predicted molar refractivity (Wildman–Crippen MR) is 51.1 cm³/mol. The average Bonchev–Trinajstić information content (AvgIpc) is 2.14. The third kappa shape index (κ3) is 2.93. The highest BCUT2D eigenvalue weighted by atomic mass is 16.5. The molecule has 0 aromatic rings. The maximum Gasteiger partial charge on any atom is 0.335 e. The smallest absolute Gasteiger partial charge is 0.335 e. The van der Waals surface area contributed by atoms with Gasteiger partial charge in [-0.25, -0.2) is 4.79 Å². The third-order valence-electron chi connectivity index (χ3n) is 1.76. The van der Waals surface area contributed by atoms with Gasteiger partial charge in [-0.05, 0) is 24.8 Å². The number of carbonyl (C=O) groups is 1. The van der Waals surface area contributed by atoms with Crippen molar-refractivity contribution in [2.24, 2.45) is 0 Å². The van der Waals surface area contributed by atoms with Gasteiger partial charge in [0.1, 0.15) is 0 Å². The van der Waals surface area contributed by atoms with E-state index in [1.54, 1.807) is 6.08 Å². The zero-order valence-electron chi connectivity index (χ0n) is 8.12. The first-order valence-electron chi connectivity index (χ1n) is 4.48. The van der Waals surface area contributed by atoms with Crippen LogP contribution in [0.15, 0.2) is 23.9 Å². The monoisotopic (exact) mass is 181 g/mol. The molecule has 0 fully saturated rings. The number of likely N-dealkylation sites (N-methyl/N-ethyl adjacent to an activating group) is 1. The molecular formula is C10H15NO2. The summed E-state index contributed by atoms with van der Waals surface area (Å²) in [6.45, 7) is 3.12. The molecule has 0 aromatic heterocycles. The van der Waals surface area contributed by atoms with E-state index in [0.29, 0.717) is 13.2 Å². The van der Waals surface area contributed by atoms with Crippen LogP contribution < -0.4 is 0 Å². The largest absolute Gasteiger partial charge is 0.462 e. The standard InChI is InChI=1S/C10H15NO2/c1-3-7-13-10(12)9-5-4-6-11(2)8-9/h4-6H,3,7-8H2,1-2H3. The lowest BCUT2D eigenvalue weighted by Crippen LogP contribution is -2.22. The molecule has 0 bridgehead atoms. The van der Waals surface area contributed by atoms with Gasteiger partial charge in [0.05, 0.1) is 12.2 Å². The number of carbonyl (C=O) groups excluding carboxylic acids is 1. The van der Waals surface area contributed by atoms with Crippen LogP contribution in [-0.4, -0.2) is 31.1 Å². The maximum absolute atomic E-state index is 11.4. The van der Waals surface area contributed by atoms with Crippen LogP contribution in [0, 0.1) is 0 Å². The molecule has 3 nitrogen and oxygen atoms in total. The fourth-order valence-electron chi connectivity index (χ4n) is 1.10. The van der Waals surface area contributed by atoms with Crippen LogP contribution in [0.3, 0.4) is 0 Å². The first-order valence-corrected chi connectivity index (χ1v) is 4.48. The minimum Gasteiger partial charge on any atom is -0.462 e. The molecule has 0 atom stereocenters. The minimum absolute atomic E-state index is 0.196. The zero-order valence-corrected chi connectivity index (χ0v) is 8.12. The van der Waals surface area contributed by atoms with Crippen LogP contribution in [-0.2, 0) is 9.53 Å². The minimum atomic E-state index is -0.196. The summed E-state index contributed by atoms with van der Waals surface area (Å²) in [5, 5.41) is 0. The maximum atomic E-state index is 11.4. The molecule has 0 aliphatic carbocycles. The summed E-state index contributed by atoms with van der Waals surface area (Å²) in [4.78, 5) is 13.3. The van der Waals surface area contributed by atoms with E-state index in [2.05, 4.69) is 0 Å². The molecule has 0 amide bonds. The van der Waals surface area contributed by atoms with Gasteiger partial charge in [0.25, 0.3) is 0 Å². The number of esters is 1. The molecule has 1 heterocycles. The van der Waals surface area contributed by atoms with Crippen molar-refractivity contribution in [1.29, 1.82) is 0 Å². The lowest BCUT2D eigenvalue weighted by atomic mass is 10.2. The molecule has 72 valence electrons. The van der Waals surface area contributed by atoms with Crippen LogP contribution >= 0.6 is 0 Å². The van der Waals surface area contributed by atoms with Crippen LogP contribution in [0.2, 0.25) is 0 Å². The van der Waals surface area contributed by atoms with Gasteiger partial charge in [-0.1, -0.05) is 6.92 Å². The second kappa shape index (κ2) is 4.70. The lowest BCUT2D eigenvalue weighted by molar-refractivity contribution is -0.139. The van der Waals surface area contributed by atoms with E-state index in [1.807, 2.05) is 31.1 Å². The summed E-state index contributed by atoms with van der Waals surface area (Å²) in [7, 11) is 1.93. The number of hydrogen-bond acceptors (Lipinski definition) is 3. The number of rotatable bonds is 3. The molecular weight excluding hydrogens is 166 g/mol. The summed E-state index contributed by atoms with van der Waals surface area (Å²) >= 11 is 0. The van der Waals surface area contributed by atoms with Gasteiger partial charge in [-0.3, -0.25) is 0 Å². The molecule has 0 saturated heterocycles. The topological polar surface area (TPSA) is 29.5 Å². The van der Waals surface area contributed by atoms with E-state index >= 15 is 0 Å². The molecule has 1 aliphatic heterocycles. The summed E-state index contributed by atoms with van der Waals surface area (Å²) in [5.74, 6) is -0.196. The van der Waals surface area contributed by atoms with Gasteiger partial charge in [0.15, 0.2) is 0 Å². The normalized spacial score (nSPS) is 15.5. The number of hydrogen-bond donors (Lipinski definition) is 0. The Morgan fingerprint density at radius 3 is 3.08 bits per heavy atom. The number of nitrogens with zero attached hydrogens (tertiary/aromatic N) is 1. The SMILES string of the molecule is CCCOC(=O)C1=CC=CN(C)C1. The summed E-state index contributed by atoms with van der Waals surface area (Å²) in [6.07, 6.45) is 6.45. The second-order valence-electron chi connectivity index (χ2n) is 3.08. The fraction of sp³-hybridized carbons (Fsp3) is 0.500. The van der Waals surface area contributed by atoms with E-state index < -0.39 is 0 Å². The molecule has 1 rings (SSSR count). The Morgan fingerprint density at radius 1 is 1.69 bits per heavy atom. The van der Waals surface area contributed by atoms with Crippen molar-refractivity contribution >= 4 is 5.97 Å². The Hall–Kier alpha value is -1.25.